The zero-order chi connectivity index (χ0) is 22.5. The zero-order valence-electron chi connectivity index (χ0n) is 19.2. The van der Waals surface area contributed by atoms with Crippen LogP contribution in [0.3, 0.4) is 0 Å². The molecule has 1 saturated heterocycles. The van der Waals surface area contributed by atoms with Gasteiger partial charge in [-0.25, -0.2) is 0 Å². The van der Waals surface area contributed by atoms with E-state index in [4.69, 9.17) is 0 Å². The SMILES string of the molecule is CN=C(NCc1cccc(NC(=O)C2CCCC2)c1)N1CCN(c2cnn(C)c2)C(=O)C1.I. The van der Waals surface area contributed by atoms with Crippen molar-refractivity contribution < 1.29 is 9.59 Å². The molecule has 2 fully saturated rings. The summed E-state index contributed by atoms with van der Waals surface area (Å²) in [7, 11) is 3.56. The van der Waals surface area contributed by atoms with Gasteiger partial charge in [-0.2, -0.15) is 5.10 Å². The van der Waals surface area contributed by atoms with E-state index >= 15 is 0 Å². The van der Waals surface area contributed by atoms with Crippen LogP contribution >= 0.6 is 24.0 Å². The maximum absolute atomic E-state index is 12.7. The van der Waals surface area contributed by atoms with Crippen LogP contribution < -0.4 is 15.5 Å². The number of halogens is 1. The summed E-state index contributed by atoms with van der Waals surface area (Å²) < 4.78 is 1.69. The van der Waals surface area contributed by atoms with Crippen molar-refractivity contribution in [2.75, 3.05) is 36.9 Å². The van der Waals surface area contributed by atoms with E-state index < -0.39 is 0 Å². The second-order valence-corrected chi connectivity index (χ2v) is 8.41. The van der Waals surface area contributed by atoms with E-state index in [2.05, 4.69) is 20.7 Å². The van der Waals surface area contributed by atoms with Crippen LogP contribution in [0, 0.1) is 5.92 Å². The van der Waals surface area contributed by atoms with Crippen molar-refractivity contribution in [2.24, 2.45) is 18.0 Å². The number of guanidine groups is 1. The van der Waals surface area contributed by atoms with Crippen molar-refractivity contribution in [3.05, 3.63) is 42.2 Å². The summed E-state index contributed by atoms with van der Waals surface area (Å²) in [5.41, 5.74) is 2.67. The molecule has 10 heteroatoms. The van der Waals surface area contributed by atoms with Gasteiger partial charge in [-0.05, 0) is 30.5 Å². The Morgan fingerprint density at radius 1 is 1.24 bits per heavy atom. The molecule has 2 heterocycles. The first kappa shape index (κ1) is 25.0. The van der Waals surface area contributed by atoms with Gasteiger partial charge >= 0.3 is 0 Å². The van der Waals surface area contributed by atoms with Gasteiger partial charge in [0.1, 0.15) is 6.54 Å². The molecule has 2 aliphatic rings. The van der Waals surface area contributed by atoms with Crippen LogP contribution in [-0.2, 0) is 23.2 Å². The molecule has 2 amide bonds. The third-order valence-corrected chi connectivity index (χ3v) is 6.11. The number of nitrogens with zero attached hydrogens (tertiary/aromatic N) is 5. The monoisotopic (exact) mass is 565 g/mol. The minimum atomic E-state index is 0. The number of anilines is 2. The van der Waals surface area contributed by atoms with Crippen LogP contribution in [0.5, 0.6) is 0 Å². The Morgan fingerprint density at radius 3 is 2.70 bits per heavy atom. The largest absolute Gasteiger partial charge is 0.352 e. The number of carbonyl (C=O) groups is 2. The molecule has 0 bridgehead atoms. The molecule has 2 aromatic rings. The molecule has 33 heavy (non-hydrogen) atoms. The molecular formula is C23H32IN7O2. The van der Waals surface area contributed by atoms with Crippen LogP contribution in [0.15, 0.2) is 41.7 Å². The van der Waals surface area contributed by atoms with Crippen molar-refractivity contribution in [3.63, 3.8) is 0 Å². The molecule has 1 aliphatic heterocycles. The van der Waals surface area contributed by atoms with Crippen LogP contribution in [-0.4, -0.2) is 59.1 Å². The number of nitrogens with one attached hydrogen (secondary N) is 2. The first-order chi connectivity index (χ1) is 15.5. The Balaban J connectivity index is 0.00000306. The molecule has 2 N–H and O–H groups in total. The molecule has 1 saturated carbocycles. The van der Waals surface area contributed by atoms with E-state index in [1.54, 1.807) is 22.8 Å². The van der Waals surface area contributed by atoms with E-state index in [0.29, 0.717) is 25.6 Å². The number of benzene rings is 1. The number of aryl methyl sites for hydroxylation is 1. The van der Waals surface area contributed by atoms with E-state index in [0.717, 1.165) is 42.6 Å². The Bertz CT molecular complexity index is 1000. The summed E-state index contributed by atoms with van der Waals surface area (Å²) >= 11 is 0. The van der Waals surface area contributed by atoms with Gasteiger partial charge in [0.05, 0.1) is 11.9 Å². The molecule has 1 aromatic heterocycles. The van der Waals surface area contributed by atoms with Crippen LogP contribution in [0.1, 0.15) is 31.2 Å². The Morgan fingerprint density at radius 2 is 2.03 bits per heavy atom. The van der Waals surface area contributed by atoms with E-state index in [1.807, 2.05) is 42.4 Å². The van der Waals surface area contributed by atoms with Gasteiger partial charge in [0.25, 0.3) is 0 Å². The van der Waals surface area contributed by atoms with Crippen LogP contribution in [0.25, 0.3) is 0 Å². The molecule has 4 rings (SSSR count). The summed E-state index contributed by atoms with van der Waals surface area (Å²) in [5, 5.41) is 10.6. The van der Waals surface area contributed by atoms with Crippen LogP contribution in [0.2, 0.25) is 0 Å². The van der Waals surface area contributed by atoms with Crippen molar-refractivity contribution in [3.8, 4) is 0 Å². The van der Waals surface area contributed by atoms with Crippen LogP contribution in [0.4, 0.5) is 11.4 Å². The molecule has 178 valence electrons. The fourth-order valence-electron chi connectivity index (χ4n) is 4.38. The highest BCUT2D eigenvalue weighted by Gasteiger charge is 2.27. The number of hydrogen-bond donors (Lipinski definition) is 2. The zero-order valence-corrected chi connectivity index (χ0v) is 21.5. The molecule has 0 radical (unpaired) electrons. The van der Waals surface area contributed by atoms with E-state index in [9.17, 15) is 9.59 Å². The number of hydrogen-bond acceptors (Lipinski definition) is 4. The van der Waals surface area contributed by atoms with Gasteiger partial charge in [0, 0.05) is 51.5 Å². The summed E-state index contributed by atoms with van der Waals surface area (Å²) in [6.45, 7) is 2.06. The average molecular weight is 565 g/mol. The number of carbonyl (C=O) groups excluding carboxylic acids is 2. The summed E-state index contributed by atoms with van der Waals surface area (Å²) in [4.78, 5) is 33.2. The molecule has 0 atom stereocenters. The molecule has 1 aromatic carbocycles. The van der Waals surface area contributed by atoms with Gasteiger partial charge in [-0.1, -0.05) is 25.0 Å². The van der Waals surface area contributed by atoms with Gasteiger partial charge < -0.3 is 20.4 Å². The van der Waals surface area contributed by atoms with Crippen molar-refractivity contribution in [2.45, 2.75) is 32.2 Å². The summed E-state index contributed by atoms with van der Waals surface area (Å²) in [5.74, 6) is 0.959. The first-order valence-electron chi connectivity index (χ1n) is 11.2. The van der Waals surface area contributed by atoms with E-state index in [1.165, 1.54) is 0 Å². The minimum Gasteiger partial charge on any atom is -0.352 e. The molecule has 9 nitrogen and oxygen atoms in total. The number of rotatable bonds is 5. The number of aromatic nitrogens is 2. The maximum atomic E-state index is 12.7. The molecular weight excluding hydrogens is 533 g/mol. The number of amides is 2. The topological polar surface area (TPSA) is 94.9 Å². The highest BCUT2D eigenvalue weighted by molar-refractivity contribution is 14.0. The molecule has 1 aliphatic carbocycles. The summed E-state index contributed by atoms with van der Waals surface area (Å²) in [6.07, 6.45) is 7.80. The standard InChI is InChI=1S/C23H31N7O2.HI/c1-24-23(29-10-11-30(21(31)16-29)20-14-26-28(2)15-20)25-13-17-6-5-9-19(12-17)27-22(32)18-7-3-4-8-18;/h5-6,9,12,14-15,18H,3-4,7-8,10-11,13,16H2,1-2H3,(H,24,25)(H,27,32);1H. The fraction of sp³-hybridized carbons (Fsp3) is 0.478. The summed E-state index contributed by atoms with van der Waals surface area (Å²) in [6, 6.07) is 7.86. The molecule has 0 unspecified atom stereocenters. The second kappa shape index (κ2) is 11.5. The predicted octanol–water partition coefficient (Wildman–Crippen LogP) is 2.59. The number of piperazine rings is 1. The van der Waals surface area contributed by atoms with Gasteiger partial charge in [0.15, 0.2) is 5.96 Å². The molecule has 0 spiro atoms. The quantitative estimate of drug-likeness (QED) is 0.330. The highest BCUT2D eigenvalue weighted by Crippen LogP contribution is 2.26. The maximum Gasteiger partial charge on any atom is 0.246 e. The van der Waals surface area contributed by atoms with Crippen molar-refractivity contribution >= 4 is 53.1 Å². The van der Waals surface area contributed by atoms with Gasteiger partial charge in [-0.15, -0.1) is 24.0 Å². The Labute approximate surface area is 211 Å². The van der Waals surface area contributed by atoms with Crippen molar-refractivity contribution in [1.82, 2.24) is 20.0 Å². The van der Waals surface area contributed by atoms with E-state index in [-0.39, 0.29) is 48.3 Å². The lowest BCUT2D eigenvalue weighted by Gasteiger charge is -2.35. The minimum absolute atomic E-state index is 0. The predicted molar refractivity (Wildman–Crippen MR) is 140 cm³/mol. The lowest BCUT2D eigenvalue weighted by Crippen LogP contribution is -2.55. The second-order valence-electron chi connectivity index (χ2n) is 8.41. The third kappa shape index (κ3) is 6.24. The first-order valence-corrected chi connectivity index (χ1v) is 11.2. The van der Waals surface area contributed by atoms with Gasteiger partial charge in [-0.3, -0.25) is 19.3 Å². The number of aliphatic imine (C=N–C) groups is 1. The third-order valence-electron chi connectivity index (χ3n) is 6.11. The normalized spacial score (nSPS) is 17.2. The smallest absolute Gasteiger partial charge is 0.246 e. The highest BCUT2D eigenvalue weighted by atomic mass is 127. The Hall–Kier alpha value is -2.63. The lowest BCUT2D eigenvalue weighted by atomic mass is 10.1. The Kier molecular flexibility index (Phi) is 8.70. The van der Waals surface area contributed by atoms with Crippen molar-refractivity contribution in [1.29, 1.82) is 0 Å². The average Bonchev–Trinajstić information content (AvgIpc) is 3.47. The fourth-order valence-corrected chi connectivity index (χ4v) is 4.38. The van der Waals surface area contributed by atoms with Gasteiger partial charge in [0.2, 0.25) is 11.8 Å². The lowest BCUT2D eigenvalue weighted by molar-refractivity contribution is -0.120.